The van der Waals surface area contributed by atoms with Gasteiger partial charge in [-0.25, -0.2) is 4.98 Å². The monoisotopic (exact) mass is 598 g/mol. The Kier molecular flexibility index (Phi) is 8.79. The zero-order chi connectivity index (χ0) is 29.1. The number of hydrogen-bond acceptors (Lipinski definition) is 10. The quantitative estimate of drug-likeness (QED) is 0.208. The van der Waals surface area contributed by atoms with Crippen LogP contribution in [0, 0.1) is 10.1 Å². The highest BCUT2D eigenvalue weighted by atomic mass is 35.5. The van der Waals surface area contributed by atoms with E-state index in [1.807, 2.05) is 24.3 Å². The number of likely N-dealkylation sites (N-methyl/N-ethyl adjacent to an activating group) is 1. The minimum Gasteiger partial charge on any atom is -0.366 e. The molecule has 3 heterocycles. The number of anilines is 5. The summed E-state index contributed by atoms with van der Waals surface area (Å²) in [6, 6.07) is 12.9. The molecule has 0 bridgehead atoms. The lowest BCUT2D eigenvalue weighted by Crippen LogP contribution is -2.52. The van der Waals surface area contributed by atoms with Crippen molar-refractivity contribution >= 4 is 58.6 Å². The Morgan fingerprint density at radius 2 is 1.73 bits per heavy atom. The molecule has 11 nitrogen and oxygen atoms in total. The van der Waals surface area contributed by atoms with Crippen LogP contribution in [0.4, 0.5) is 34.5 Å². The Balaban J connectivity index is 1.30. The number of rotatable bonds is 8. The molecule has 2 N–H and O–H groups in total. The molecule has 3 aromatic rings. The highest BCUT2D eigenvalue weighted by Crippen LogP contribution is 2.39. The summed E-state index contributed by atoms with van der Waals surface area (Å²) in [5.74, 6) is 0.556. The van der Waals surface area contributed by atoms with E-state index in [2.05, 4.69) is 42.3 Å². The molecule has 0 radical (unpaired) electrons. The van der Waals surface area contributed by atoms with Crippen molar-refractivity contribution in [3.05, 3.63) is 63.8 Å². The Hall–Kier alpha value is -3.24. The van der Waals surface area contributed by atoms with Crippen LogP contribution in [-0.2, 0) is 4.57 Å². The molecule has 2 aliphatic rings. The van der Waals surface area contributed by atoms with E-state index in [1.54, 1.807) is 25.5 Å². The smallest absolute Gasteiger partial charge is 0.294 e. The van der Waals surface area contributed by atoms with Crippen molar-refractivity contribution < 1.29 is 9.49 Å². The van der Waals surface area contributed by atoms with Crippen LogP contribution in [0.3, 0.4) is 0 Å². The molecule has 0 aliphatic carbocycles. The Morgan fingerprint density at radius 1 is 1.02 bits per heavy atom. The summed E-state index contributed by atoms with van der Waals surface area (Å²) in [7, 11) is -0.399. The molecule has 0 amide bonds. The van der Waals surface area contributed by atoms with E-state index in [0.29, 0.717) is 34.2 Å². The second-order valence-electron chi connectivity index (χ2n) is 11.0. The number of nitrogens with one attached hydrogen (secondary N) is 2. The summed E-state index contributed by atoms with van der Waals surface area (Å²) in [6.45, 7) is 9.30. The van der Waals surface area contributed by atoms with Gasteiger partial charge < -0.3 is 25.0 Å². The van der Waals surface area contributed by atoms with Gasteiger partial charge in [-0.15, -0.1) is 0 Å². The Morgan fingerprint density at radius 3 is 2.41 bits per heavy atom. The summed E-state index contributed by atoms with van der Waals surface area (Å²) in [5, 5.41) is 19.3. The molecule has 41 heavy (non-hydrogen) atoms. The molecule has 0 spiro atoms. The number of halogens is 1. The lowest BCUT2D eigenvalue weighted by atomic mass is 10.0. The van der Waals surface area contributed by atoms with E-state index in [9.17, 15) is 14.7 Å². The largest absolute Gasteiger partial charge is 0.366 e. The molecule has 0 saturated carbocycles. The van der Waals surface area contributed by atoms with E-state index < -0.39 is 7.14 Å². The minimum absolute atomic E-state index is 0.0379. The van der Waals surface area contributed by atoms with Gasteiger partial charge in [0.1, 0.15) is 17.9 Å². The van der Waals surface area contributed by atoms with Crippen LogP contribution in [0.25, 0.3) is 0 Å². The number of nitrogens with zero attached hydrogens (tertiary/aromatic N) is 6. The van der Waals surface area contributed by atoms with Gasteiger partial charge in [0.05, 0.1) is 16.8 Å². The molecule has 1 aromatic heterocycles. The van der Waals surface area contributed by atoms with E-state index >= 15 is 0 Å². The molecule has 13 heteroatoms. The van der Waals surface area contributed by atoms with Crippen LogP contribution < -0.4 is 20.8 Å². The van der Waals surface area contributed by atoms with Crippen molar-refractivity contribution in [2.75, 3.05) is 75.2 Å². The number of piperazine rings is 1. The maximum atomic E-state index is 12.8. The van der Waals surface area contributed by atoms with Crippen molar-refractivity contribution in [1.29, 1.82) is 0 Å². The van der Waals surface area contributed by atoms with Crippen molar-refractivity contribution in [1.82, 2.24) is 19.8 Å². The molecule has 2 fully saturated rings. The minimum atomic E-state index is -2.56. The summed E-state index contributed by atoms with van der Waals surface area (Å²) < 4.78 is 12.8. The van der Waals surface area contributed by atoms with E-state index in [1.165, 1.54) is 12.3 Å². The van der Waals surface area contributed by atoms with Crippen LogP contribution in [0.2, 0.25) is 5.02 Å². The third kappa shape index (κ3) is 6.98. The molecule has 2 saturated heterocycles. The average molecular weight is 599 g/mol. The van der Waals surface area contributed by atoms with Gasteiger partial charge in [-0.3, -0.25) is 15.0 Å². The highest BCUT2D eigenvalue weighted by molar-refractivity contribution is 7.70. The maximum Gasteiger partial charge on any atom is 0.294 e. The first-order valence-corrected chi connectivity index (χ1v) is 16.7. The lowest BCUT2D eigenvalue weighted by molar-refractivity contribution is -0.384. The van der Waals surface area contributed by atoms with Gasteiger partial charge in [0.25, 0.3) is 5.69 Å². The predicted molar refractivity (Wildman–Crippen MR) is 167 cm³/mol. The molecule has 2 aliphatic heterocycles. The molecule has 0 atom stereocenters. The molecular formula is C28H36ClN8O3P. The van der Waals surface area contributed by atoms with Gasteiger partial charge in [-0.05, 0) is 57.5 Å². The molecule has 0 unspecified atom stereocenters. The van der Waals surface area contributed by atoms with Crippen molar-refractivity contribution in [3.63, 3.8) is 0 Å². The third-order valence-corrected chi connectivity index (χ3v) is 9.60. The van der Waals surface area contributed by atoms with E-state index in [-0.39, 0.29) is 21.6 Å². The number of piperidine rings is 1. The highest BCUT2D eigenvalue weighted by Gasteiger charge is 2.29. The fraction of sp³-hybridized carbons (Fsp3) is 0.429. The van der Waals surface area contributed by atoms with Gasteiger partial charge in [0.15, 0.2) is 5.82 Å². The second-order valence-corrected chi connectivity index (χ2v) is 14.6. The third-order valence-electron chi connectivity index (χ3n) is 7.77. The van der Waals surface area contributed by atoms with E-state index in [0.717, 1.165) is 52.1 Å². The first kappa shape index (κ1) is 29.3. The Bertz CT molecular complexity index is 1450. The normalized spacial score (nSPS) is 17.4. The second kappa shape index (κ2) is 12.3. The SMILES string of the molecule is CN1CCN(C2CCN(c3ccc(Nc4ncc(Cl)c(Nc5ccccc5P(C)(C)=O)n4)cc3[N+](=O)[O-])CC2)CC1. The van der Waals surface area contributed by atoms with Crippen LogP contribution >= 0.6 is 18.7 Å². The lowest BCUT2D eigenvalue weighted by Gasteiger charge is -2.42. The summed E-state index contributed by atoms with van der Waals surface area (Å²) in [6.07, 6.45) is 3.43. The number of aromatic nitrogens is 2. The number of benzene rings is 2. The van der Waals surface area contributed by atoms with E-state index in [4.69, 9.17) is 11.6 Å². The number of hydrogen-bond donors (Lipinski definition) is 2. The molecular weight excluding hydrogens is 563 g/mol. The fourth-order valence-corrected chi connectivity index (χ4v) is 6.79. The summed E-state index contributed by atoms with van der Waals surface area (Å²) in [5.41, 5.74) is 1.80. The molecule has 2 aromatic carbocycles. The standard InChI is InChI=1S/C28H36ClN8O3P/c1-34-14-16-35(17-15-34)21-10-12-36(13-11-21)24-9-8-20(18-25(24)37(38)39)31-28-30-19-22(29)27(33-28)32-23-6-4-5-7-26(23)41(2,3)40/h4-9,18-19,21H,10-17H2,1-3H3,(H2,30,31,32,33). The Labute approximate surface area is 245 Å². The van der Waals surface area contributed by atoms with Gasteiger partial charge in [0, 0.05) is 62.4 Å². The van der Waals surface area contributed by atoms with Crippen LogP contribution in [0.1, 0.15) is 12.8 Å². The number of para-hydroxylation sites is 1. The fourth-order valence-electron chi connectivity index (χ4n) is 5.49. The van der Waals surface area contributed by atoms with Gasteiger partial charge in [-0.1, -0.05) is 23.7 Å². The van der Waals surface area contributed by atoms with Crippen LogP contribution in [0.5, 0.6) is 0 Å². The van der Waals surface area contributed by atoms with Gasteiger partial charge in [0.2, 0.25) is 5.95 Å². The predicted octanol–water partition coefficient (Wildman–Crippen LogP) is 4.99. The zero-order valence-corrected chi connectivity index (χ0v) is 25.2. The first-order valence-electron chi connectivity index (χ1n) is 13.8. The topological polar surface area (TPSA) is 120 Å². The van der Waals surface area contributed by atoms with Crippen molar-refractivity contribution in [3.8, 4) is 0 Å². The maximum absolute atomic E-state index is 12.8. The molecule has 218 valence electrons. The average Bonchev–Trinajstić information content (AvgIpc) is 2.95. The zero-order valence-electron chi connectivity index (χ0n) is 23.6. The van der Waals surface area contributed by atoms with Crippen molar-refractivity contribution in [2.24, 2.45) is 0 Å². The van der Waals surface area contributed by atoms with Gasteiger partial charge in [-0.2, -0.15) is 4.98 Å². The first-order chi connectivity index (χ1) is 19.6. The van der Waals surface area contributed by atoms with Gasteiger partial charge >= 0.3 is 0 Å². The number of nitro benzene ring substituents is 1. The molecule has 5 rings (SSSR count). The van der Waals surface area contributed by atoms with Crippen molar-refractivity contribution in [2.45, 2.75) is 18.9 Å². The van der Waals surface area contributed by atoms with Crippen LogP contribution in [-0.4, -0.2) is 90.4 Å². The summed E-state index contributed by atoms with van der Waals surface area (Å²) in [4.78, 5) is 27.5. The summed E-state index contributed by atoms with van der Waals surface area (Å²) >= 11 is 6.37. The van der Waals surface area contributed by atoms with Crippen LogP contribution in [0.15, 0.2) is 48.7 Å². The number of nitro groups is 1.